The van der Waals surface area contributed by atoms with E-state index in [1.165, 1.54) is 24.3 Å². The first-order chi connectivity index (χ1) is 9.65. The van der Waals surface area contributed by atoms with Crippen LogP contribution in [0.4, 0.5) is 10.5 Å². The van der Waals surface area contributed by atoms with E-state index >= 15 is 0 Å². The van der Waals surface area contributed by atoms with Crippen molar-refractivity contribution in [2.45, 2.75) is 6.42 Å². The number of anilines is 1. The van der Waals surface area contributed by atoms with Crippen molar-refractivity contribution in [1.82, 2.24) is 15.3 Å². The number of nitrogens with zero attached hydrogens (tertiary/aromatic N) is 1. The van der Waals surface area contributed by atoms with Crippen LogP contribution in [0.5, 0.6) is 0 Å². The van der Waals surface area contributed by atoms with Crippen LogP contribution in [-0.2, 0) is 6.42 Å². The molecule has 1 aromatic carbocycles. The number of aromatic nitrogens is 2. The molecule has 0 aliphatic heterocycles. The molecule has 0 aliphatic rings. The smallest absolute Gasteiger partial charge is 0.335 e. The van der Waals surface area contributed by atoms with Gasteiger partial charge in [0.15, 0.2) is 0 Å². The molecule has 0 unspecified atom stereocenters. The second-order valence-electron chi connectivity index (χ2n) is 4.05. The molecule has 104 valence electrons. The van der Waals surface area contributed by atoms with E-state index in [2.05, 4.69) is 20.6 Å². The maximum Gasteiger partial charge on any atom is 0.335 e. The van der Waals surface area contributed by atoms with E-state index in [-0.39, 0.29) is 11.6 Å². The van der Waals surface area contributed by atoms with Gasteiger partial charge < -0.3 is 20.7 Å². The van der Waals surface area contributed by atoms with E-state index in [0.717, 1.165) is 5.82 Å². The molecule has 0 spiro atoms. The van der Waals surface area contributed by atoms with Crippen LogP contribution < -0.4 is 10.6 Å². The summed E-state index contributed by atoms with van der Waals surface area (Å²) in [6.07, 6.45) is 3.98. The molecule has 0 radical (unpaired) electrons. The third kappa shape index (κ3) is 3.84. The molecule has 7 nitrogen and oxygen atoms in total. The highest BCUT2D eigenvalue weighted by Crippen LogP contribution is 2.09. The highest BCUT2D eigenvalue weighted by molar-refractivity contribution is 5.91. The van der Waals surface area contributed by atoms with E-state index in [9.17, 15) is 9.59 Å². The molecular formula is C13H14N4O3. The van der Waals surface area contributed by atoms with E-state index in [1.807, 2.05) is 0 Å². The summed E-state index contributed by atoms with van der Waals surface area (Å²) in [6.45, 7) is 0.451. The topological polar surface area (TPSA) is 107 Å². The zero-order valence-electron chi connectivity index (χ0n) is 10.6. The Hall–Kier alpha value is -2.83. The predicted molar refractivity (Wildman–Crippen MR) is 72.7 cm³/mol. The molecule has 7 heteroatoms. The lowest BCUT2D eigenvalue weighted by Crippen LogP contribution is -2.30. The summed E-state index contributed by atoms with van der Waals surface area (Å²) in [7, 11) is 0. The zero-order chi connectivity index (χ0) is 14.4. The Morgan fingerprint density at radius 3 is 2.60 bits per heavy atom. The highest BCUT2D eigenvalue weighted by Gasteiger charge is 2.04. The maximum atomic E-state index is 11.6. The van der Waals surface area contributed by atoms with E-state index in [0.29, 0.717) is 18.7 Å². The third-order valence-electron chi connectivity index (χ3n) is 2.59. The number of benzene rings is 1. The number of aromatic carboxylic acids is 1. The fraction of sp³-hybridized carbons (Fsp3) is 0.154. The number of H-pyrrole nitrogens is 1. The van der Waals surface area contributed by atoms with Gasteiger partial charge in [-0.05, 0) is 24.3 Å². The summed E-state index contributed by atoms with van der Waals surface area (Å²) in [5.74, 6) is -0.199. The minimum absolute atomic E-state index is 0.175. The Morgan fingerprint density at radius 2 is 2.00 bits per heavy atom. The zero-order valence-corrected chi connectivity index (χ0v) is 10.6. The number of carbonyl (C=O) groups excluding carboxylic acids is 1. The molecule has 4 N–H and O–H groups in total. The van der Waals surface area contributed by atoms with Crippen molar-refractivity contribution in [3.05, 3.63) is 48.0 Å². The number of aromatic amines is 1. The van der Waals surface area contributed by atoms with Gasteiger partial charge in [0.2, 0.25) is 0 Å². The molecule has 2 amide bonds. The molecule has 20 heavy (non-hydrogen) atoms. The fourth-order valence-electron chi connectivity index (χ4n) is 1.60. The minimum atomic E-state index is -1.00. The van der Waals surface area contributed by atoms with Crippen molar-refractivity contribution >= 4 is 17.7 Å². The largest absolute Gasteiger partial charge is 0.478 e. The monoisotopic (exact) mass is 274 g/mol. The van der Waals surface area contributed by atoms with Gasteiger partial charge in [0.25, 0.3) is 0 Å². The molecule has 1 aromatic heterocycles. The SMILES string of the molecule is O=C(NCCc1ncc[nH]1)Nc1ccc(C(=O)O)cc1. The summed E-state index contributed by atoms with van der Waals surface area (Å²) < 4.78 is 0. The summed E-state index contributed by atoms with van der Waals surface area (Å²) in [4.78, 5) is 29.2. The summed E-state index contributed by atoms with van der Waals surface area (Å²) in [6, 6.07) is 5.59. The Kier molecular flexibility index (Phi) is 4.33. The van der Waals surface area contributed by atoms with Crippen LogP contribution in [0.1, 0.15) is 16.2 Å². The van der Waals surface area contributed by atoms with Gasteiger partial charge in [0.05, 0.1) is 5.56 Å². The van der Waals surface area contributed by atoms with Crippen LogP contribution in [0.25, 0.3) is 0 Å². The Bertz CT molecular complexity index is 578. The van der Waals surface area contributed by atoms with E-state index in [1.54, 1.807) is 12.4 Å². The Labute approximate surface area is 115 Å². The number of hydrogen-bond acceptors (Lipinski definition) is 3. The molecule has 0 saturated carbocycles. The number of urea groups is 1. The number of amides is 2. The Balaban J connectivity index is 1.77. The number of carboxylic acid groups (broad SMARTS) is 1. The van der Waals surface area contributed by atoms with Crippen LogP contribution in [-0.4, -0.2) is 33.6 Å². The van der Waals surface area contributed by atoms with Crippen LogP contribution in [0.3, 0.4) is 0 Å². The lowest BCUT2D eigenvalue weighted by atomic mass is 10.2. The molecule has 2 rings (SSSR count). The second-order valence-corrected chi connectivity index (χ2v) is 4.05. The molecule has 0 atom stereocenters. The van der Waals surface area contributed by atoms with Crippen molar-refractivity contribution in [2.75, 3.05) is 11.9 Å². The standard InChI is InChI=1S/C13H14N4O3/c18-12(19)9-1-3-10(4-2-9)17-13(20)16-6-5-11-14-7-8-15-11/h1-4,7-8H,5-6H2,(H,14,15)(H,18,19)(H2,16,17,20). The van der Waals surface area contributed by atoms with Crippen molar-refractivity contribution < 1.29 is 14.7 Å². The lowest BCUT2D eigenvalue weighted by Gasteiger charge is -2.07. The quantitative estimate of drug-likeness (QED) is 0.662. The average Bonchev–Trinajstić information content (AvgIpc) is 2.92. The van der Waals surface area contributed by atoms with E-state index < -0.39 is 5.97 Å². The molecular weight excluding hydrogens is 260 g/mol. The number of nitrogens with one attached hydrogen (secondary N) is 3. The van der Waals surface area contributed by atoms with Crippen molar-refractivity contribution in [2.24, 2.45) is 0 Å². The number of carboxylic acids is 1. The molecule has 2 aromatic rings. The first-order valence-electron chi connectivity index (χ1n) is 6.01. The third-order valence-corrected chi connectivity index (χ3v) is 2.59. The van der Waals surface area contributed by atoms with Crippen molar-refractivity contribution in [3.8, 4) is 0 Å². The molecule has 0 bridgehead atoms. The van der Waals surface area contributed by atoms with Crippen LogP contribution in [0.2, 0.25) is 0 Å². The van der Waals surface area contributed by atoms with Gasteiger partial charge in [-0.15, -0.1) is 0 Å². The van der Waals surface area contributed by atoms with Gasteiger partial charge in [-0.1, -0.05) is 0 Å². The second kappa shape index (κ2) is 6.37. The number of rotatable bonds is 5. The van der Waals surface area contributed by atoms with Crippen LogP contribution in [0.15, 0.2) is 36.7 Å². The molecule has 0 fully saturated rings. The van der Waals surface area contributed by atoms with Crippen molar-refractivity contribution in [3.63, 3.8) is 0 Å². The average molecular weight is 274 g/mol. The maximum absolute atomic E-state index is 11.6. The minimum Gasteiger partial charge on any atom is -0.478 e. The summed E-state index contributed by atoms with van der Waals surface area (Å²) >= 11 is 0. The summed E-state index contributed by atoms with van der Waals surface area (Å²) in [5, 5.41) is 14.1. The van der Waals surface area contributed by atoms with Gasteiger partial charge in [0.1, 0.15) is 5.82 Å². The number of imidazole rings is 1. The van der Waals surface area contributed by atoms with Gasteiger partial charge >= 0.3 is 12.0 Å². The molecule has 0 saturated heterocycles. The lowest BCUT2D eigenvalue weighted by molar-refractivity contribution is 0.0697. The number of hydrogen-bond donors (Lipinski definition) is 4. The van der Waals surface area contributed by atoms with Gasteiger partial charge in [0, 0.05) is 31.0 Å². The normalized spacial score (nSPS) is 10.0. The Morgan fingerprint density at radius 1 is 1.25 bits per heavy atom. The van der Waals surface area contributed by atoms with Gasteiger partial charge in [-0.2, -0.15) is 0 Å². The van der Waals surface area contributed by atoms with Gasteiger partial charge in [-0.3, -0.25) is 0 Å². The fourth-order valence-corrected chi connectivity index (χ4v) is 1.60. The van der Waals surface area contributed by atoms with E-state index in [4.69, 9.17) is 5.11 Å². The summed E-state index contributed by atoms with van der Waals surface area (Å²) in [5.41, 5.74) is 0.708. The van der Waals surface area contributed by atoms with Crippen LogP contribution >= 0.6 is 0 Å². The first kappa shape index (κ1) is 13.6. The van der Waals surface area contributed by atoms with Crippen LogP contribution in [0, 0.1) is 0 Å². The molecule has 1 heterocycles. The highest BCUT2D eigenvalue weighted by atomic mass is 16.4. The number of carbonyl (C=O) groups is 2. The predicted octanol–water partition coefficient (Wildman–Crippen LogP) is 1.47. The van der Waals surface area contributed by atoms with Crippen molar-refractivity contribution in [1.29, 1.82) is 0 Å². The molecule has 0 aliphatic carbocycles. The first-order valence-corrected chi connectivity index (χ1v) is 6.01. The van der Waals surface area contributed by atoms with Gasteiger partial charge in [-0.25, -0.2) is 14.6 Å².